The number of para-hydroxylation sites is 1. The average Bonchev–Trinajstić information content (AvgIpc) is 3.24. The molecule has 0 aromatic heterocycles. The Bertz CT molecular complexity index is 1140. The van der Waals surface area contributed by atoms with E-state index in [1.807, 2.05) is 43.3 Å². The Labute approximate surface area is 180 Å². The number of halogens is 1. The van der Waals surface area contributed by atoms with Crippen LogP contribution in [0.4, 0.5) is 4.39 Å². The second-order valence-corrected chi connectivity index (χ2v) is 7.34. The van der Waals surface area contributed by atoms with Crippen LogP contribution in [-0.2, 0) is 0 Å². The minimum atomic E-state index is -0.581. The van der Waals surface area contributed by atoms with Crippen LogP contribution >= 0.6 is 0 Å². The fourth-order valence-corrected chi connectivity index (χ4v) is 3.79. The number of rotatable bonds is 5. The monoisotopic (exact) mass is 418 g/mol. The first-order valence-corrected chi connectivity index (χ1v) is 9.97. The SMILES string of the molecule is COc1cccc([C@H]2CC(c3ccc(C)cc3)=NN2C(=O)c2ccccc2F)c1OC. The molecule has 6 heteroatoms. The fourth-order valence-electron chi connectivity index (χ4n) is 3.79. The molecule has 0 fully saturated rings. The lowest BCUT2D eigenvalue weighted by molar-refractivity contribution is 0.0704. The van der Waals surface area contributed by atoms with Gasteiger partial charge in [-0.1, -0.05) is 54.1 Å². The van der Waals surface area contributed by atoms with Gasteiger partial charge in [-0.25, -0.2) is 9.40 Å². The van der Waals surface area contributed by atoms with Gasteiger partial charge in [0.1, 0.15) is 5.82 Å². The molecule has 1 amide bonds. The minimum Gasteiger partial charge on any atom is -0.493 e. The van der Waals surface area contributed by atoms with Crippen molar-refractivity contribution in [2.24, 2.45) is 5.10 Å². The van der Waals surface area contributed by atoms with Gasteiger partial charge in [-0.2, -0.15) is 5.10 Å². The van der Waals surface area contributed by atoms with Crippen molar-refractivity contribution in [2.75, 3.05) is 14.2 Å². The maximum Gasteiger partial charge on any atom is 0.277 e. The van der Waals surface area contributed by atoms with E-state index in [1.54, 1.807) is 32.4 Å². The van der Waals surface area contributed by atoms with Crippen molar-refractivity contribution in [2.45, 2.75) is 19.4 Å². The van der Waals surface area contributed by atoms with Crippen LogP contribution in [0.15, 0.2) is 71.8 Å². The highest BCUT2D eigenvalue weighted by Crippen LogP contribution is 2.42. The molecule has 0 unspecified atom stereocenters. The summed E-state index contributed by atoms with van der Waals surface area (Å²) in [4.78, 5) is 13.3. The van der Waals surface area contributed by atoms with Crippen LogP contribution < -0.4 is 9.47 Å². The van der Waals surface area contributed by atoms with E-state index in [2.05, 4.69) is 5.10 Å². The number of aryl methyl sites for hydroxylation is 1. The molecule has 3 aromatic carbocycles. The van der Waals surface area contributed by atoms with Crippen LogP contribution in [-0.4, -0.2) is 30.8 Å². The molecule has 4 rings (SSSR count). The molecule has 158 valence electrons. The van der Waals surface area contributed by atoms with Gasteiger partial charge in [0.05, 0.1) is 31.5 Å². The van der Waals surface area contributed by atoms with Crippen LogP contribution in [0.2, 0.25) is 0 Å². The molecule has 0 radical (unpaired) electrons. The summed E-state index contributed by atoms with van der Waals surface area (Å²) in [5.74, 6) is 0.00157. The Hall–Kier alpha value is -3.67. The quantitative estimate of drug-likeness (QED) is 0.576. The summed E-state index contributed by atoms with van der Waals surface area (Å²) >= 11 is 0. The van der Waals surface area contributed by atoms with Gasteiger partial charge in [0.15, 0.2) is 11.5 Å². The van der Waals surface area contributed by atoms with Crippen molar-refractivity contribution in [3.63, 3.8) is 0 Å². The lowest BCUT2D eigenvalue weighted by atomic mass is 9.96. The maximum atomic E-state index is 14.4. The number of methoxy groups -OCH3 is 2. The molecule has 0 spiro atoms. The Kier molecular flexibility index (Phi) is 5.71. The molecule has 1 atom stereocenters. The fraction of sp³-hybridized carbons (Fsp3) is 0.200. The van der Waals surface area contributed by atoms with Crippen LogP contribution in [0.3, 0.4) is 0 Å². The molecule has 31 heavy (non-hydrogen) atoms. The smallest absolute Gasteiger partial charge is 0.277 e. The van der Waals surface area contributed by atoms with Crippen molar-refractivity contribution >= 4 is 11.6 Å². The van der Waals surface area contributed by atoms with Crippen LogP contribution in [0.25, 0.3) is 0 Å². The van der Waals surface area contributed by atoms with E-state index in [9.17, 15) is 9.18 Å². The zero-order chi connectivity index (χ0) is 22.0. The lowest BCUT2D eigenvalue weighted by Crippen LogP contribution is -2.28. The third-order valence-electron chi connectivity index (χ3n) is 5.40. The number of hydrogen-bond donors (Lipinski definition) is 0. The topological polar surface area (TPSA) is 51.1 Å². The van der Waals surface area contributed by atoms with Gasteiger partial charge in [0.25, 0.3) is 5.91 Å². The van der Waals surface area contributed by atoms with Crippen LogP contribution in [0.5, 0.6) is 11.5 Å². The van der Waals surface area contributed by atoms with E-state index < -0.39 is 17.8 Å². The summed E-state index contributed by atoms with van der Waals surface area (Å²) in [5.41, 5.74) is 3.52. The van der Waals surface area contributed by atoms with Crippen molar-refractivity contribution in [1.82, 2.24) is 5.01 Å². The summed E-state index contributed by atoms with van der Waals surface area (Å²) in [7, 11) is 3.12. The molecule has 1 heterocycles. The summed E-state index contributed by atoms with van der Waals surface area (Å²) in [6, 6.07) is 18.9. The number of carbonyl (C=O) groups excluding carboxylic acids is 1. The van der Waals surface area contributed by atoms with Crippen molar-refractivity contribution in [3.8, 4) is 11.5 Å². The third kappa shape index (κ3) is 3.89. The predicted octanol–water partition coefficient (Wildman–Crippen LogP) is 5.14. The molecule has 0 N–H and O–H groups in total. The number of benzene rings is 3. The van der Waals surface area contributed by atoms with Gasteiger partial charge in [-0.15, -0.1) is 0 Å². The van der Waals surface area contributed by atoms with E-state index in [1.165, 1.54) is 17.1 Å². The van der Waals surface area contributed by atoms with Gasteiger partial charge in [-0.05, 0) is 30.7 Å². The summed E-state index contributed by atoms with van der Waals surface area (Å²) in [5, 5.41) is 5.98. The average molecular weight is 418 g/mol. The number of ether oxygens (including phenoxy) is 2. The lowest BCUT2D eigenvalue weighted by Gasteiger charge is -2.24. The van der Waals surface area contributed by atoms with Crippen molar-refractivity contribution < 1.29 is 18.7 Å². The number of carbonyl (C=O) groups is 1. The van der Waals surface area contributed by atoms with Gasteiger partial charge in [-0.3, -0.25) is 4.79 Å². The summed E-state index contributed by atoms with van der Waals surface area (Å²) in [6.07, 6.45) is 0.465. The Morgan fingerprint density at radius 1 is 1.00 bits per heavy atom. The van der Waals surface area contributed by atoms with Gasteiger partial charge >= 0.3 is 0 Å². The molecular weight excluding hydrogens is 395 g/mol. The maximum absolute atomic E-state index is 14.4. The highest BCUT2D eigenvalue weighted by molar-refractivity contribution is 6.05. The van der Waals surface area contributed by atoms with Crippen LogP contribution in [0.1, 0.15) is 39.5 Å². The second kappa shape index (κ2) is 8.60. The molecule has 0 bridgehead atoms. The van der Waals surface area contributed by atoms with E-state index >= 15 is 0 Å². The van der Waals surface area contributed by atoms with Gasteiger partial charge in [0.2, 0.25) is 0 Å². The summed E-state index contributed by atoms with van der Waals surface area (Å²) < 4.78 is 25.5. The van der Waals surface area contributed by atoms with Crippen LogP contribution in [0, 0.1) is 12.7 Å². The molecule has 5 nitrogen and oxygen atoms in total. The standard InChI is InChI=1S/C25H23FN2O3/c1-16-11-13-17(14-12-16)21-15-22(19-8-6-10-23(30-2)24(19)31-3)28(27-21)25(29)18-7-4-5-9-20(18)26/h4-14,22H,15H2,1-3H3/t22-/m1/s1. The molecule has 0 saturated heterocycles. The van der Waals surface area contributed by atoms with E-state index in [-0.39, 0.29) is 5.56 Å². The number of hydrogen-bond acceptors (Lipinski definition) is 4. The zero-order valence-corrected chi connectivity index (χ0v) is 17.6. The predicted molar refractivity (Wildman–Crippen MR) is 117 cm³/mol. The highest BCUT2D eigenvalue weighted by atomic mass is 19.1. The van der Waals surface area contributed by atoms with Crippen molar-refractivity contribution in [3.05, 3.63) is 94.8 Å². The minimum absolute atomic E-state index is 0.0248. The largest absolute Gasteiger partial charge is 0.493 e. The first kappa shape index (κ1) is 20.6. The van der Waals surface area contributed by atoms with Gasteiger partial charge in [0, 0.05) is 12.0 Å². The zero-order valence-electron chi connectivity index (χ0n) is 17.6. The second-order valence-electron chi connectivity index (χ2n) is 7.34. The number of amides is 1. The molecule has 0 aliphatic carbocycles. The Morgan fingerprint density at radius 3 is 2.42 bits per heavy atom. The molecule has 0 saturated carbocycles. The number of nitrogens with zero attached hydrogens (tertiary/aromatic N) is 2. The normalized spacial score (nSPS) is 15.5. The van der Waals surface area contributed by atoms with E-state index in [0.29, 0.717) is 17.9 Å². The molecular formula is C25H23FN2O3. The Morgan fingerprint density at radius 2 is 1.74 bits per heavy atom. The third-order valence-corrected chi connectivity index (χ3v) is 5.40. The van der Waals surface area contributed by atoms with E-state index in [4.69, 9.17) is 9.47 Å². The molecule has 1 aliphatic rings. The molecule has 3 aromatic rings. The first-order valence-electron chi connectivity index (χ1n) is 9.97. The highest BCUT2D eigenvalue weighted by Gasteiger charge is 2.36. The van der Waals surface area contributed by atoms with Gasteiger partial charge < -0.3 is 9.47 Å². The van der Waals surface area contributed by atoms with Crippen molar-refractivity contribution in [1.29, 1.82) is 0 Å². The Balaban J connectivity index is 1.81. The molecule has 1 aliphatic heterocycles. The summed E-state index contributed by atoms with van der Waals surface area (Å²) in [6.45, 7) is 2.01. The first-order chi connectivity index (χ1) is 15.0. The number of hydrazone groups is 1. The van der Waals surface area contributed by atoms with E-state index in [0.717, 1.165) is 22.4 Å².